The minimum atomic E-state index is -0.222. The van der Waals surface area contributed by atoms with Crippen LogP contribution in [0.5, 0.6) is 0 Å². The fourth-order valence-corrected chi connectivity index (χ4v) is 1.67. The molecule has 1 unspecified atom stereocenters. The molecule has 58 valence electrons. The van der Waals surface area contributed by atoms with Gasteiger partial charge in [-0.05, 0) is 19.4 Å². The van der Waals surface area contributed by atoms with Crippen molar-refractivity contribution in [2.45, 2.75) is 20.0 Å². The molecule has 0 aliphatic heterocycles. The van der Waals surface area contributed by atoms with Crippen LogP contribution in [0.1, 0.15) is 16.7 Å². The van der Waals surface area contributed by atoms with Crippen LogP contribution in [0.15, 0.2) is 18.2 Å². The second kappa shape index (κ2) is 3.64. The molecule has 0 heterocycles. The number of hydrogen-bond acceptors (Lipinski definition) is 1. The van der Waals surface area contributed by atoms with Gasteiger partial charge in [0.25, 0.3) is 0 Å². The Morgan fingerprint density at radius 1 is 1.36 bits per heavy atom. The monoisotopic (exact) mass is 167 g/mol. The van der Waals surface area contributed by atoms with Crippen LogP contribution in [0, 0.1) is 13.8 Å². The highest BCUT2D eigenvalue weighted by Gasteiger charge is 2.00. The standard InChI is InChI=1S/C9H11OP/c1-7-3-4-9(6-11-10)8(2)5-7/h3-5H,6H2,1-2H3/p+1. The normalized spacial score (nSPS) is 10.4. The van der Waals surface area contributed by atoms with Gasteiger partial charge in [0.2, 0.25) is 0 Å². The Morgan fingerprint density at radius 2 is 2.09 bits per heavy atom. The molecule has 0 fully saturated rings. The highest BCUT2D eigenvalue weighted by atomic mass is 31.1. The van der Waals surface area contributed by atoms with Crippen molar-refractivity contribution in [2.24, 2.45) is 0 Å². The van der Waals surface area contributed by atoms with E-state index in [0.29, 0.717) is 6.16 Å². The van der Waals surface area contributed by atoms with Crippen LogP contribution in [0.2, 0.25) is 0 Å². The molecule has 0 aliphatic carbocycles. The molecular formula is C9H12OP+. The molecule has 0 saturated carbocycles. The molecular weight excluding hydrogens is 155 g/mol. The van der Waals surface area contributed by atoms with Crippen molar-refractivity contribution in [1.29, 1.82) is 0 Å². The molecule has 0 saturated heterocycles. The van der Waals surface area contributed by atoms with Gasteiger partial charge in [-0.2, -0.15) is 0 Å². The molecule has 0 aliphatic rings. The molecule has 11 heavy (non-hydrogen) atoms. The molecule has 1 aromatic rings. The largest absolute Gasteiger partial charge is 0.329 e. The van der Waals surface area contributed by atoms with Crippen molar-refractivity contribution in [3.63, 3.8) is 0 Å². The lowest BCUT2D eigenvalue weighted by molar-refractivity contribution is 0.598. The summed E-state index contributed by atoms with van der Waals surface area (Å²) in [4.78, 5) is 0. The van der Waals surface area contributed by atoms with Gasteiger partial charge in [-0.1, -0.05) is 28.3 Å². The van der Waals surface area contributed by atoms with Crippen LogP contribution in [0.25, 0.3) is 0 Å². The van der Waals surface area contributed by atoms with Crippen LogP contribution < -0.4 is 0 Å². The summed E-state index contributed by atoms with van der Waals surface area (Å²) in [5.41, 5.74) is 3.71. The number of rotatable bonds is 2. The minimum Gasteiger partial charge on any atom is -0.0771 e. The number of hydrogen-bond donors (Lipinski definition) is 0. The van der Waals surface area contributed by atoms with E-state index in [1.807, 2.05) is 0 Å². The van der Waals surface area contributed by atoms with Crippen molar-refractivity contribution in [1.82, 2.24) is 0 Å². The van der Waals surface area contributed by atoms with E-state index in [-0.39, 0.29) is 8.46 Å². The second-order valence-corrected chi connectivity index (χ2v) is 3.39. The van der Waals surface area contributed by atoms with E-state index in [1.54, 1.807) is 0 Å². The zero-order chi connectivity index (χ0) is 8.27. The van der Waals surface area contributed by atoms with E-state index in [9.17, 15) is 4.57 Å². The summed E-state index contributed by atoms with van der Waals surface area (Å²) in [6, 6.07) is 6.23. The van der Waals surface area contributed by atoms with E-state index >= 15 is 0 Å². The molecule has 2 heteroatoms. The second-order valence-electron chi connectivity index (χ2n) is 2.75. The van der Waals surface area contributed by atoms with Crippen molar-refractivity contribution in [2.75, 3.05) is 0 Å². The molecule has 1 atom stereocenters. The van der Waals surface area contributed by atoms with E-state index in [0.717, 1.165) is 0 Å². The van der Waals surface area contributed by atoms with Crippen LogP contribution in [-0.2, 0) is 10.7 Å². The molecule has 0 spiro atoms. The molecule has 0 N–H and O–H groups in total. The summed E-state index contributed by atoms with van der Waals surface area (Å²) in [7, 11) is -0.222. The third-order valence-electron chi connectivity index (χ3n) is 1.76. The van der Waals surface area contributed by atoms with Gasteiger partial charge < -0.3 is 0 Å². The van der Waals surface area contributed by atoms with E-state index < -0.39 is 0 Å². The smallest absolute Gasteiger partial charge is 0.0771 e. The van der Waals surface area contributed by atoms with Gasteiger partial charge in [0.1, 0.15) is 0 Å². The van der Waals surface area contributed by atoms with E-state index in [2.05, 4.69) is 32.0 Å². The summed E-state index contributed by atoms with van der Waals surface area (Å²) in [6.45, 7) is 4.12. The Balaban J connectivity index is 2.98. The van der Waals surface area contributed by atoms with E-state index in [4.69, 9.17) is 0 Å². The van der Waals surface area contributed by atoms with E-state index in [1.165, 1.54) is 16.7 Å². The van der Waals surface area contributed by atoms with Gasteiger partial charge in [-0.25, -0.2) is 0 Å². The topological polar surface area (TPSA) is 17.1 Å². The molecule has 1 aromatic carbocycles. The minimum absolute atomic E-state index is 0.222. The summed E-state index contributed by atoms with van der Waals surface area (Å²) in [5.74, 6) is 0. The molecule has 1 rings (SSSR count). The third-order valence-corrected chi connectivity index (χ3v) is 2.29. The van der Waals surface area contributed by atoms with Crippen LogP contribution >= 0.6 is 8.46 Å². The van der Waals surface area contributed by atoms with Gasteiger partial charge in [0.05, 0.1) is 0 Å². The van der Waals surface area contributed by atoms with Crippen molar-refractivity contribution < 1.29 is 4.57 Å². The van der Waals surface area contributed by atoms with Crippen LogP contribution in [0.4, 0.5) is 0 Å². The summed E-state index contributed by atoms with van der Waals surface area (Å²) in [6.07, 6.45) is 0.687. The lowest BCUT2D eigenvalue weighted by Gasteiger charge is -1.98. The van der Waals surface area contributed by atoms with Gasteiger partial charge in [0.15, 0.2) is 6.16 Å². The first-order valence-corrected chi connectivity index (χ1v) is 4.76. The van der Waals surface area contributed by atoms with Crippen molar-refractivity contribution in [3.05, 3.63) is 34.9 Å². The SMILES string of the molecule is Cc1ccc(C[PH+]=O)c(C)c1. The Morgan fingerprint density at radius 3 is 2.64 bits per heavy atom. The van der Waals surface area contributed by atoms with Crippen molar-refractivity contribution >= 4 is 8.46 Å². The quantitative estimate of drug-likeness (QED) is 0.619. The summed E-state index contributed by atoms with van der Waals surface area (Å²) < 4.78 is 10.4. The summed E-state index contributed by atoms with van der Waals surface area (Å²) in [5, 5.41) is 0. The van der Waals surface area contributed by atoms with Crippen molar-refractivity contribution in [3.8, 4) is 0 Å². The third kappa shape index (κ3) is 2.13. The first-order valence-electron chi connectivity index (χ1n) is 3.65. The van der Waals surface area contributed by atoms with Gasteiger partial charge in [-0.15, -0.1) is 0 Å². The Hall–Kier alpha value is -0.680. The highest BCUT2D eigenvalue weighted by Crippen LogP contribution is 2.15. The van der Waals surface area contributed by atoms with Crippen LogP contribution in [0.3, 0.4) is 0 Å². The van der Waals surface area contributed by atoms with Gasteiger partial charge in [0, 0.05) is 5.56 Å². The predicted molar refractivity (Wildman–Crippen MR) is 48.6 cm³/mol. The maximum absolute atomic E-state index is 10.4. The Labute approximate surface area is 68.6 Å². The number of aryl methyl sites for hydroxylation is 2. The Kier molecular flexibility index (Phi) is 2.78. The Bertz CT molecular complexity index is 268. The van der Waals surface area contributed by atoms with Gasteiger partial charge in [-0.3, -0.25) is 0 Å². The molecule has 0 radical (unpaired) electrons. The first kappa shape index (κ1) is 8.42. The average Bonchev–Trinajstić information content (AvgIpc) is 1.95. The van der Waals surface area contributed by atoms with Crippen LogP contribution in [-0.4, -0.2) is 0 Å². The molecule has 0 amide bonds. The molecule has 0 aromatic heterocycles. The lowest BCUT2D eigenvalue weighted by atomic mass is 10.1. The highest BCUT2D eigenvalue weighted by molar-refractivity contribution is 7.22. The average molecular weight is 167 g/mol. The first-order chi connectivity index (χ1) is 5.24. The fraction of sp³-hybridized carbons (Fsp3) is 0.333. The summed E-state index contributed by atoms with van der Waals surface area (Å²) >= 11 is 0. The molecule has 1 nitrogen and oxygen atoms in total. The maximum Gasteiger partial charge on any atom is 0.329 e. The molecule has 0 bridgehead atoms. The lowest BCUT2D eigenvalue weighted by Crippen LogP contribution is -1.84. The predicted octanol–water partition coefficient (Wildman–Crippen LogP) is 2.83. The zero-order valence-electron chi connectivity index (χ0n) is 6.85. The fourth-order valence-electron chi connectivity index (χ4n) is 1.12. The maximum atomic E-state index is 10.4. The van der Waals surface area contributed by atoms with Gasteiger partial charge >= 0.3 is 8.46 Å². The number of benzene rings is 1. The zero-order valence-corrected chi connectivity index (χ0v) is 7.85.